The van der Waals surface area contributed by atoms with Crippen molar-refractivity contribution in [3.63, 3.8) is 0 Å². The highest BCUT2D eigenvalue weighted by molar-refractivity contribution is 7.12. The normalized spacial score (nSPS) is 11.2. The first kappa shape index (κ1) is 17.5. The van der Waals surface area contributed by atoms with E-state index >= 15 is 0 Å². The predicted molar refractivity (Wildman–Crippen MR) is 120 cm³/mol. The summed E-state index contributed by atoms with van der Waals surface area (Å²) in [6, 6.07) is 30.3. The molecule has 0 atom stereocenters. The average molecular weight is 367 g/mol. The first-order chi connectivity index (χ1) is 13.2. The summed E-state index contributed by atoms with van der Waals surface area (Å²) in [7, 11) is 0. The molecule has 1 aromatic heterocycles. The van der Waals surface area contributed by atoms with Crippen LogP contribution in [0.3, 0.4) is 0 Å². The number of aryl methyl sites for hydroxylation is 2. The second-order valence-corrected chi connectivity index (χ2v) is 8.09. The van der Waals surface area contributed by atoms with E-state index in [2.05, 4.69) is 111 Å². The van der Waals surface area contributed by atoms with Gasteiger partial charge in [-0.15, -0.1) is 11.3 Å². The van der Waals surface area contributed by atoms with Crippen molar-refractivity contribution < 1.29 is 0 Å². The third-order valence-corrected chi connectivity index (χ3v) is 5.72. The van der Waals surface area contributed by atoms with Gasteiger partial charge in [-0.05, 0) is 71.5 Å². The van der Waals surface area contributed by atoms with Crippen LogP contribution in [0.1, 0.15) is 20.9 Å². The van der Waals surface area contributed by atoms with E-state index in [1.807, 2.05) is 11.3 Å². The second-order valence-electron chi connectivity index (χ2n) is 6.77. The zero-order valence-electron chi connectivity index (χ0n) is 15.6. The van der Waals surface area contributed by atoms with Crippen molar-refractivity contribution in [2.75, 3.05) is 0 Å². The second kappa shape index (κ2) is 7.77. The number of thiophene rings is 1. The molecule has 0 fully saturated rings. The molecule has 0 amide bonds. The topological polar surface area (TPSA) is 0 Å². The van der Waals surface area contributed by atoms with E-state index in [-0.39, 0.29) is 0 Å². The quantitative estimate of drug-likeness (QED) is 0.345. The van der Waals surface area contributed by atoms with Gasteiger partial charge < -0.3 is 0 Å². The minimum Gasteiger partial charge on any atom is -0.141 e. The van der Waals surface area contributed by atoms with Crippen LogP contribution in [-0.2, 0) is 0 Å². The minimum atomic E-state index is 1.25. The summed E-state index contributed by atoms with van der Waals surface area (Å²) in [5.41, 5.74) is 7.62. The lowest BCUT2D eigenvalue weighted by Crippen LogP contribution is -1.90. The van der Waals surface area contributed by atoms with Gasteiger partial charge in [-0.1, -0.05) is 72.8 Å². The molecule has 0 nitrogen and oxygen atoms in total. The standard InChI is InChI=1S/C26H22S/c1-19-17-26(22-11-7-4-8-12-22)23(14-16-24-15-13-20(2)27-24)18-25(19)21-9-5-3-6-10-21/h3-18H,1-2H3/b16-14+. The summed E-state index contributed by atoms with van der Waals surface area (Å²) in [5, 5.41) is 0. The molecule has 0 aliphatic carbocycles. The average Bonchev–Trinajstić information content (AvgIpc) is 3.13. The monoisotopic (exact) mass is 366 g/mol. The first-order valence-corrected chi connectivity index (χ1v) is 10.0. The lowest BCUT2D eigenvalue weighted by atomic mass is 9.91. The van der Waals surface area contributed by atoms with E-state index in [1.165, 1.54) is 43.1 Å². The van der Waals surface area contributed by atoms with Gasteiger partial charge in [0, 0.05) is 9.75 Å². The summed E-state index contributed by atoms with van der Waals surface area (Å²) in [4.78, 5) is 2.63. The molecule has 4 rings (SSSR count). The van der Waals surface area contributed by atoms with Gasteiger partial charge in [0.25, 0.3) is 0 Å². The van der Waals surface area contributed by atoms with E-state index in [4.69, 9.17) is 0 Å². The molecule has 0 aliphatic heterocycles. The molecule has 0 unspecified atom stereocenters. The number of hydrogen-bond acceptors (Lipinski definition) is 1. The van der Waals surface area contributed by atoms with E-state index in [0.717, 1.165) is 0 Å². The maximum Gasteiger partial charge on any atom is 0.0273 e. The van der Waals surface area contributed by atoms with Crippen LogP contribution in [0.5, 0.6) is 0 Å². The van der Waals surface area contributed by atoms with Crippen molar-refractivity contribution in [2.45, 2.75) is 13.8 Å². The van der Waals surface area contributed by atoms with Gasteiger partial charge in [0.05, 0.1) is 0 Å². The molecule has 0 N–H and O–H groups in total. The molecule has 3 aromatic carbocycles. The summed E-state index contributed by atoms with van der Waals surface area (Å²) in [6.07, 6.45) is 4.48. The highest BCUT2D eigenvalue weighted by Crippen LogP contribution is 2.33. The van der Waals surface area contributed by atoms with Crippen LogP contribution >= 0.6 is 11.3 Å². The zero-order valence-corrected chi connectivity index (χ0v) is 16.5. The molecule has 0 radical (unpaired) electrons. The van der Waals surface area contributed by atoms with Crippen LogP contribution in [0, 0.1) is 13.8 Å². The number of hydrogen-bond donors (Lipinski definition) is 0. The molecule has 1 heterocycles. The van der Waals surface area contributed by atoms with E-state index in [0.29, 0.717) is 0 Å². The summed E-state index contributed by atoms with van der Waals surface area (Å²) in [6.45, 7) is 4.35. The van der Waals surface area contributed by atoms with Crippen molar-refractivity contribution >= 4 is 23.5 Å². The fourth-order valence-corrected chi connectivity index (χ4v) is 4.15. The molecule has 27 heavy (non-hydrogen) atoms. The molecule has 132 valence electrons. The van der Waals surface area contributed by atoms with Crippen LogP contribution in [0.15, 0.2) is 84.9 Å². The molecule has 0 saturated heterocycles. The van der Waals surface area contributed by atoms with E-state index in [9.17, 15) is 0 Å². The van der Waals surface area contributed by atoms with Crippen LogP contribution in [0.2, 0.25) is 0 Å². The maximum atomic E-state index is 2.32. The first-order valence-electron chi connectivity index (χ1n) is 9.21. The Labute approximate surface area is 165 Å². The molecule has 0 saturated carbocycles. The lowest BCUT2D eigenvalue weighted by molar-refractivity contribution is 1.44. The molecule has 1 heteroatoms. The number of benzene rings is 3. The highest BCUT2D eigenvalue weighted by atomic mass is 32.1. The van der Waals surface area contributed by atoms with Gasteiger partial charge in [0.15, 0.2) is 0 Å². The van der Waals surface area contributed by atoms with Crippen molar-refractivity contribution in [3.8, 4) is 22.3 Å². The van der Waals surface area contributed by atoms with Crippen LogP contribution < -0.4 is 0 Å². The highest BCUT2D eigenvalue weighted by Gasteiger charge is 2.09. The third-order valence-electron chi connectivity index (χ3n) is 4.75. The van der Waals surface area contributed by atoms with E-state index < -0.39 is 0 Å². The lowest BCUT2D eigenvalue weighted by Gasteiger charge is -2.13. The Bertz CT molecular complexity index is 1070. The van der Waals surface area contributed by atoms with Crippen molar-refractivity contribution in [3.05, 3.63) is 106 Å². The van der Waals surface area contributed by atoms with Gasteiger partial charge in [0.1, 0.15) is 0 Å². The Hall–Kier alpha value is -2.90. The van der Waals surface area contributed by atoms with Crippen LogP contribution in [0.25, 0.3) is 34.4 Å². The molecule has 0 spiro atoms. The van der Waals surface area contributed by atoms with Gasteiger partial charge in [0.2, 0.25) is 0 Å². The van der Waals surface area contributed by atoms with Gasteiger partial charge in [-0.3, -0.25) is 0 Å². The summed E-state index contributed by atoms with van der Waals surface area (Å²) < 4.78 is 0. The molecule has 0 bridgehead atoms. The van der Waals surface area contributed by atoms with Gasteiger partial charge in [-0.25, -0.2) is 0 Å². The fourth-order valence-electron chi connectivity index (χ4n) is 3.37. The Morgan fingerprint density at radius 1 is 0.630 bits per heavy atom. The van der Waals surface area contributed by atoms with E-state index in [1.54, 1.807) is 0 Å². The van der Waals surface area contributed by atoms with Gasteiger partial charge >= 0.3 is 0 Å². The van der Waals surface area contributed by atoms with Crippen molar-refractivity contribution in [2.24, 2.45) is 0 Å². The maximum absolute atomic E-state index is 2.32. The Morgan fingerprint density at radius 2 is 1.26 bits per heavy atom. The van der Waals surface area contributed by atoms with Crippen LogP contribution in [-0.4, -0.2) is 0 Å². The molecule has 4 aromatic rings. The largest absolute Gasteiger partial charge is 0.141 e. The van der Waals surface area contributed by atoms with Crippen molar-refractivity contribution in [1.29, 1.82) is 0 Å². The Kier molecular flexibility index (Phi) is 5.04. The summed E-state index contributed by atoms with van der Waals surface area (Å²) in [5.74, 6) is 0. The Morgan fingerprint density at radius 3 is 1.85 bits per heavy atom. The van der Waals surface area contributed by atoms with Gasteiger partial charge in [-0.2, -0.15) is 0 Å². The fraction of sp³-hybridized carbons (Fsp3) is 0.0769. The number of rotatable bonds is 4. The zero-order chi connectivity index (χ0) is 18.6. The molecular formula is C26H22S. The Balaban J connectivity index is 1.85. The predicted octanol–water partition coefficient (Wildman–Crippen LogP) is 7.87. The smallest absolute Gasteiger partial charge is 0.0273 e. The summed E-state index contributed by atoms with van der Waals surface area (Å²) >= 11 is 1.83. The molecule has 0 aliphatic rings. The molecular weight excluding hydrogens is 344 g/mol. The minimum absolute atomic E-state index is 1.25. The van der Waals surface area contributed by atoms with Crippen molar-refractivity contribution in [1.82, 2.24) is 0 Å². The third kappa shape index (κ3) is 3.94. The SMILES string of the molecule is Cc1ccc(/C=C/c2cc(-c3ccccc3)c(C)cc2-c2ccccc2)s1. The van der Waals surface area contributed by atoms with Crippen LogP contribution in [0.4, 0.5) is 0 Å².